The highest BCUT2D eigenvalue weighted by Gasteiger charge is 2.23. The van der Waals surface area contributed by atoms with Crippen molar-refractivity contribution in [1.82, 2.24) is 19.1 Å². The second kappa shape index (κ2) is 10.9. The number of fused-ring (bicyclic) bond motifs is 6. The van der Waals surface area contributed by atoms with Gasteiger partial charge in [0.25, 0.3) is 0 Å². The lowest BCUT2D eigenvalue weighted by Crippen LogP contribution is -2.01. The lowest BCUT2D eigenvalue weighted by Gasteiger charge is -2.15. The molecule has 6 aromatic carbocycles. The molecule has 0 saturated carbocycles. The summed E-state index contributed by atoms with van der Waals surface area (Å²) in [4.78, 5) is 10.3. The van der Waals surface area contributed by atoms with Crippen LogP contribution >= 0.6 is 0 Å². The fraction of sp³-hybridized carbons (Fsp3) is 0. The Morgan fingerprint density at radius 2 is 1.10 bits per heavy atom. The van der Waals surface area contributed by atoms with E-state index in [2.05, 4.69) is 161 Å². The van der Waals surface area contributed by atoms with Crippen LogP contribution in [0.2, 0.25) is 0 Å². The smallest absolute Gasteiger partial charge is 0.213 e. The number of hydrogen-bond acceptors (Lipinski definition) is 3. The minimum absolute atomic E-state index is 0.743. The SMILES string of the molecule is c1ccc(-c2ccccc2-c2ccccc2-c2nc3ccccc3n2-c2cc3c(cn2)oc2c3c3ccccc3n2-c2ccccc2)cc1. The Labute approximate surface area is 282 Å². The van der Waals surface area contributed by atoms with Gasteiger partial charge in [-0.2, -0.15) is 0 Å². The fourth-order valence-electron chi connectivity index (χ4n) is 7.28. The maximum absolute atomic E-state index is 6.61. The highest BCUT2D eigenvalue weighted by Crippen LogP contribution is 2.42. The van der Waals surface area contributed by atoms with Crippen LogP contribution in [-0.4, -0.2) is 19.1 Å². The number of para-hydroxylation sites is 4. The van der Waals surface area contributed by atoms with Crippen molar-refractivity contribution < 1.29 is 4.42 Å². The van der Waals surface area contributed by atoms with Crippen molar-refractivity contribution in [2.45, 2.75) is 0 Å². The number of nitrogens with zero attached hydrogens (tertiary/aromatic N) is 4. The molecule has 0 unspecified atom stereocenters. The number of pyridine rings is 1. The quantitative estimate of drug-likeness (QED) is 0.191. The van der Waals surface area contributed by atoms with Gasteiger partial charge in [0.2, 0.25) is 5.71 Å². The summed E-state index contributed by atoms with van der Waals surface area (Å²) in [7, 11) is 0. The van der Waals surface area contributed by atoms with E-state index in [1.165, 1.54) is 11.1 Å². The molecule has 49 heavy (non-hydrogen) atoms. The van der Waals surface area contributed by atoms with Crippen LogP contribution < -0.4 is 0 Å². The van der Waals surface area contributed by atoms with Crippen LogP contribution in [0.1, 0.15) is 0 Å². The van der Waals surface area contributed by atoms with E-state index < -0.39 is 0 Å². The molecule has 10 aromatic rings. The molecular formula is C44H28N4O. The topological polar surface area (TPSA) is 48.8 Å². The molecule has 4 aromatic heterocycles. The van der Waals surface area contributed by atoms with E-state index in [1.807, 2.05) is 18.3 Å². The fourth-order valence-corrected chi connectivity index (χ4v) is 7.28. The number of benzene rings is 6. The summed E-state index contributed by atoms with van der Waals surface area (Å²) < 4.78 is 11.0. The van der Waals surface area contributed by atoms with Gasteiger partial charge in [-0.3, -0.25) is 9.13 Å². The number of imidazole rings is 1. The zero-order chi connectivity index (χ0) is 32.3. The Kier molecular flexibility index (Phi) is 6.11. The lowest BCUT2D eigenvalue weighted by molar-refractivity contribution is 0.643. The molecule has 5 heteroatoms. The van der Waals surface area contributed by atoms with Crippen molar-refractivity contribution >= 4 is 44.0 Å². The van der Waals surface area contributed by atoms with Crippen LogP contribution in [0.5, 0.6) is 0 Å². The zero-order valence-electron chi connectivity index (χ0n) is 26.4. The first kappa shape index (κ1) is 27.4. The maximum atomic E-state index is 6.61. The summed E-state index contributed by atoms with van der Waals surface area (Å²) in [5.41, 5.74) is 11.2. The van der Waals surface area contributed by atoms with Gasteiger partial charge in [0, 0.05) is 22.0 Å². The number of rotatable bonds is 5. The zero-order valence-corrected chi connectivity index (χ0v) is 26.4. The van der Waals surface area contributed by atoms with Gasteiger partial charge in [-0.05, 0) is 58.7 Å². The molecule has 0 aliphatic carbocycles. The Bertz CT molecular complexity index is 2830. The molecule has 0 aliphatic rings. The normalized spacial score (nSPS) is 11.7. The van der Waals surface area contributed by atoms with E-state index >= 15 is 0 Å². The van der Waals surface area contributed by atoms with Gasteiger partial charge in [0.15, 0.2) is 5.58 Å². The predicted octanol–water partition coefficient (Wildman–Crippen LogP) is 11.3. The largest absolute Gasteiger partial charge is 0.437 e. The van der Waals surface area contributed by atoms with Crippen LogP contribution in [0.3, 0.4) is 0 Å². The first-order valence-corrected chi connectivity index (χ1v) is 16.4. The van der Waals surface area contributed by atoms with Crippen molar-refractivity contribution in [2.75, 3.05) is 0 Å². The monoisotopic (exact) mass is 628 g/mol. The van der Waals surface area contributed by atoms with Crippen molar-refractivity contribution in [1.29, 1.82) is 0 Å². The van der Waals surface area contributed by atoms with Crippen LogP contribution in [0.4, 0.5) is 0 Å². The van der Waals surface area contributed by atoms with E-state index in [4.69, 9.17) is 14.4 Å². The molecule has 0 aliphatic heterocycles. The van der Waals surface area contributed by atoms with Gasteiger partial charge in [0.05, 0.1) is 28.1 Å². The number of aromatic nitrogens is 4. The molecule has 0 amide bonds. The van der Waals surface area contributed by atoms with Crippen LogP contribution in [0.15, 0.2) is 174 Å². The minimum atomic E-state index is 0.743. The van der Waals surface area contributed by atoms with Crippen molar-refractivity contribution in [3.63, 3.8) is 0 Å². The van der Waals surface area contributed by atoms with Gasteiger partial charge in [-0.1, -0.05) is 127 Å². The second-order valence-corrected chi connectivity index (χ2v) is 12.2. The Morgan fingerprint density at radius 3 is 1.90 bits per heavy atom. The van der Waals surface area contributed by atoms with Gasteiger partial charge < -0.3 is 4.42 Å². The third kappa shape index (κ3) is 4.26. The highest BCUT2D eigenvalue weighted by molar-refractivity contribution is 6.20. The summed E-state index contributed by atoms with van der Waals surface area (Å²) in [6.45, 7) is 0. The minimum Gasteiger partial charge on any atom is -0.437 e. The first-order chi connectivity index (χ1) is 24.3. The Morgan fingerprint density at radius 1 is 0.490 bits per heavy atom. The third-order valence-corrected chi connectivity index (χ3v) is 9.43. The molecule has 230 valence electrons. The van der Waals surface area contributed by atoms with Crippen LogP contribution in [0, 0.1) is 0 Å². The summed E-state index contributed by atoms with van der Waals surface area (Å²) in [6, 6.07) is 57.0. The van der Waals surface area contributed by atoms with E-state index in [0.29, 0.717) is 0 Å². The first-order valence-electron chi connectivity index (χ1n) is 16.4. The van der Waals surface area contributed by atoms with E-state index in [1.54, 1.807) is 0 Å². The van der Waals surface area contributed by atoms with E-state index in [0.717, 1.165) is 78.0 Å². The van der Waals surface area contributed by atoms with Crippen molar-refractivity contribution in [3.8, 4) is 45.1 Å². The third-order valence-electron chi connectivity index (χ3n) is 9.43. The average molecular weight is 629 g/mol. The van der Waals surface area contributed by atoms with Gasteiger partial charge in [-0.15, -0.1) is 0 Å². The summed E-state index contributed by atoms with van der Waals surface area (Å²) in [5.74, 6) is 1.61. The second-order valence-electron chi connectivity index (χ2n) is 12.2. The van der Waals surface area contributed by atoms with Gasteiger partial charge in [-0.25, -0.2) is 9.97 Å². The Hall–Kier alpha value is -6.72. The van der Waals surface area contributed by atoms with Crippen molar-refractivity contribution in [3.05, 3.63) is 170 Å². The molecule has 0 saturated heterocycles. The molecule has 0 N–H and O–H groups in total. The van der Waals surface area contributed by atoms with E-state index in [9.17, 15) is 0 Å². The number of hydrogen-bond donors (Lipinski definition) is 0. The van der Waals surface area contributed by atoms with E-state index in [-0.39, 0.29) is 0 Å². The lowest BCUT2D eigenvalue weighted by atomic mass is 9.91. The van der Waals surface area contributed by atoms with Crippen LogP contribution in [-0.2, 0) is 0 Å². The predicted molar refractivity (Wildman–Crippen MR) is 199 cm³/mol. The molecule has 10 rings (SSSR count). The molecule has 5 nitrogen and oxygen atoms in total. The summed E-state index contributed by atoms with van der Waals surface area (Å²) in [6.07, 6.45) is 1.85. The molecule has 0 atom stereocenters. The highest BCUT2D eigenvalue weighted by atomic mass is 16.3. The summed E-state index contributed by atoms with van der Waals surface area (Å²) >= 11 is 0. The molecule has 0 radical (unpaired) electrons. The van der Waals surface area contributed by atoms with Crippen molar-refractivity contribution in [2.24, 2.45) is 0 Å². The summed E-state index contributed by atoms with van der Waals surface area (Å²) in [5, 5.41) is 3.22. The van der Waals surface area contributed by atoms with Crippen LogP contribution in [0.25, 0.3) is 89.2 Å². The Balaban J connectivity index is 1.23. The van der Waals surface area contributed by atoms with Gasteiger partial charge >= 0.3 is 0 Å². The number of furan rings is 1. The average Bonchev–Trinajstić information content (AvgIpc) is 3.84. The van der Waals surface area contributed by atoms with Gasteiger partial charge in [0.1, 0.15) is 11.6 Å². The molecule has 0 bridgehead atoms. The maximum Gasteiger partial charge on any atom is 0.213 e. The molecule has 0 spiro atoms. The molecule has 0 fully saturated rings. The molecular weight excluding hydrogens is 601 g/mol. The molecule has 4 heterocycles. The standard InChI is InChI=1S/C44H28N4O/c1-3-15-29(16-4-1)31-19-7-8-20-32(31)33-21-9-10-22-34(33)43-46-37-24-12-14-26-39(37)48(43)41-27-36-40(28-45-41)49-44-42(36)35-23-11-13-25-38(35)47(44)30-17-5-2-6-18-30/h1-28H.